The highest BCUT2D eigenvalue weighted by molar-refractivity contribution is 9.10. The van der Waals surface area contributed by atoms with Crippen LogP contribution in [0.4, 0.5) is 4.39 Å². The van der Waals surface area contributed by atoms with E-state index in [0.717, 1.165) is 15.6 Å². The van der Waals surface area contributed by atoms with E-state index in [1.165, 1.54) is 10.9 Å². The highest BCUT2D eigenvalue weighted by Gasteiger charge is 2.24. The van der Waals surface area contributed by atoms with Gasteiger partial charge in [-0.25, -0.2) is 9.07 Å². The minimum absolute atomic E-state index is 0.0698. The number of rotatable bonds is 12. The maximum absolute atomic E-state index is 12.6. The van der Waals surface area contributed by atoms with E-state index < -0.39 is 18.9 Å². The average Bonchev–Trinajstić information content (AvgIpc) is 3.29. The molecule has 0 spiro atoms. The molecule has 2 atom stereocenters. The number of aliphatic hydroxyl groups excluding tert-OH is 2. The van der Waals surface area contributed by atoms with Crippen LogP contribution < -0.4 is 9.47 Å². The van der Waals surface area contributed by atoms with E-state index in [2.05, 4.69) is 40.1 Å². The molecule has 3 rings (SSSR count). The van der Waals surface area contributed by atoms with Crippen molar-refractivity contribution >= 4 is 27.5 Å². The Kier molecular flexibility index (Phi) is 9.30. The summed E-state index contributed by atoms with van der Waals surface area (Å²) >= 11 is 9.16. The molecule has 0 aliphatic rings. The van der Waals surface area contributed by atoms with Crippen LogP contribution in [0.2, 0.25) is 0 Å². The zero-order valence-electron chi connectivity index (χ0n) is 19.0. The van der Waals surface area contributed by atoms with Crippen LogP contribution in [0, 0.1) is 0 Å². The van der Waals surface area contributed by atoms with Gasteiger partial charge in [0.1, 0.15) is 49.3 Å². The van der Waals surface area contributed by atoms with Crippen molar-refractivity contribution in [3.05, 3.63) is 70.0 Å². The highest BCUT2D eigenvalue weighted by Crippen LogP contribution is 2.36. The molecule has 10 heteroatoms. The number of halogens is 3. The average molecular weight is 556 g/mol. The van der Waals surface area contributed by atoms with Gasteiger partial charge in [-0.05, 0) is 51.3 Å². The van der Waals surface area contributed by atoms with Crippen molar-refractivity contribution in [1.82, 2.24) is 15.0 Å². The first-order valence-electron chi connectivity index (χ1n) is 10.8. The van der Waals surface area contributed by atoms with Gasteiger partial charge in [0, 0.05) is 5.41 Å². The van der Waals surface area contributed by atoms with E-state index in [4.69, 9.17) is 21.1 Å². The lowest BCUT2D eigenvalue weighted by atomic mass is 9.78. The first kappa shape index (κ1) is 26.4. The third kappa shape index (κ3) is 6.91. The van der Waals surface area contributed by atoms with Gasteiger partial charge in [-0.15, -0.1) is 16.7 Å². The minimum atomic E-state index is -0.811. The zero-order chi connectivity index (χ0) is 24.7. The molecule has 2 N–H and O–H groups in total. The second kappa shape index (κ2) is 12.0. The molecule has 184 valence electrons. The second-order valence-electron chi connectivity index (χ2n) is 8.44. The second-order valence-corrected chi connectivity index (χ2v) is 9.61. The van der Waals surface area contributed by atoms with Gasteiger partial charge in [-0.1, -0.05) is 37.3 Å². The van der Waals surface area contributed by atoms with E-state index in [9.17, 15) is 14.6 Å². The molecule has 0 saturated heterocycles. The van der Waals surface area contributed by atoms with Crippen LogP contribution in [0.25, 0.3) is 0 Å². The Balaban J connectivity index is 1.59. The molecular weight excluding hydrogens is 528 g/mol. The Hall–Kier alpha value is -2.20. The summed E-state index contributed by atoms with van der Waals surface area (Å²) in [6, 6.07) is 13.6. The number of alkyl halides is 2. The van der Waals surface area contributed by atoms with Gasteiger partial charge in [-0.3, -0.25) is 0 Å². The first-order valence-corrected chi connectivity index (χ1v) is 12.1. The first-order chi connectivity index (χ1) is 16.2. The van der Waals surface area contributed by atoms with Gasteiger partial charge in [0.05, 0.1) is 23.1 Å². The van der Waals surface area contributed by atoms with Crippen LogP contribution in [0.1, 0.15) is 30.7 Å². The fraction of sp³-hybridized carbons (Fsp3) is 0.417. The largest absolute Gasteiger partial charge is 0.491 e. The summed E-state index contributed by atoms with van der Waals surface area (Å²) in [7, 11) is 0. The Labute approximate surface area is 211 Å². The zero-order valence-corrected chi connectivity index (χ0v) is 21.3. The van der Waals surface area contributed by atoms with E-state index >= 15 is 0 Å². The molecule has 0 saturated carbocycles. The SMILES string of the molecule is CC(C)(c1ccc(OC[C@H](O)Cn2cc(C[18F])nn2)cc1)c1ccc(OC[C@@H](O)CCl)c(Br)c1. The van der Waals surface area contributed by atoms with Gasteiger partial charge in [0.25, 0.3) is 0 Å². The number of aromatic nitrogens is 3. The number of nitrogens with zero attached hydrogens (tertiary/aromatic N) is 3. The predicted octanol–water partition coefficient (Wildman–Crippen LogP) is 4.25. The number of aliphatic hydroxyl groups is 2. The lowest BCUT2D eigenvalue weighted by Crippen LogP contribution is -2.24. The molecule has 1 heterocycles. The monoisotopic (exact) mass is 554 g/mol. The van der Waals surface area contributed by atoms with E-state index in [0.29, 0.717) is 11.5 Å². The number of benzene rings is 2. The molecule has 3 aromatic rings. The summed E-state index contributed by atoms with van der Waals surface area (Å²) in [6.45, 7) is 3.91. The van der Waals surface area contributed by atoms with Crippen molar-refractivity contribution in [3.63, 3.8) is 0 Å². The van der Waals surface area contributed by atoms with Crippen molar-refractivity contribution in [1.29, 1.82) is 0 Å². The normalized spacial score (nSPS) is 13.5. The van der Waals surface area contributed by atoms with Gasteiger partial charge in [0.2, 0.25) is 0 Å². The summed E-state index contributed by atoms with van der Waals surface area (Å²) in [5, 5.41) is 27.2. The van der Waals surface area contributed by atoms with Gasteiger partial charge in [0.15, 0.2) is 0 Å². The molecule has 0 aliphatic carbocycles. The smallest absolute Gasteiger partial charge is 0.135 e. The molecule has 7 nitrogen and oxygen atoms in total. The quantitative estimate of drug-likeness (QED) is 0.325. The van der Waals surface area contributed by atoms with Crippen LogP contribution in [0.5, 0.6) is 11.5 Å². The maximum atomic E-state index is 12.6. The van der Waals surface area contributed by atoms with Crippen molar-refractivity contribution in [2.24, 2.45) is 0 Å². The summed E-state index contributed by atoms with van der Waals surface area (Å²) in [4.78, 5) is 0. The van der Waals surface area contributed by atoms with Crippen LogP contribution in [0.15, 0.2) is 53.1 Å². The number of hydrogen-bond donors (Lipinski definition) is 2. The molecule has 0 fully saturated rings. The Morgan fingerprint density at radius 1 is 1.06 bits per heavy atom. The predicted molar refractivity (Wildman–Crippen MR) is 131 cm³/mol. The lowest BCUT2D eigenvalue weighted by molar-refractivity contribution is 0.0888. The maximum Gasteiger partial charge on any atom is 0.135 e. The number of hydrogen-bond acceptors (Lipinski definition) is 6. The molecule has 0 aliphatic heterocycles. The molecule has 1 aromatic heterocycles. The van der Waals surface area contributed by atoms with Crippen molar-refractivity contribution in [3.8, 4) is 11.5 Å². The molecule has 0 amide bonds. The van der Waals surface area contributed by atoms with Crippen molar-refractivity contribution < 1.29 is 24.1 Å². The topological polar surface area (TPSA) is 89.6 Å². The molecule has 34 heavy (non-hydrogen) atoms. The Morgan fingerprint density at radius 2 is 1.74 bits per heavy atom. The van der Waals surface area contributed by atoms with Crippen LogP contribution in [-0.2, 0) is 18.6 Å². The summed E-state index contributed by atoms with van der Waals surface area (Å²) < 4.78 is 26.1. The Morgan fingerprint density at radius 3 is 2.35 bits per heavy atom. The fourth-order valence-corrected chi connectivity index (χ4v) is 3.90. The van der Waals surface area contributed by atoms with Crippen LogP contribution >= 0.6 is 27.5 Å². The fourth-order valence-electron chi connectivity index (χ4n) is 3.32. The number of ether oxygens (including phenoxy) is 2. The summed E-state index contributed by atoms with van der Waals surface area (Å²) in [6.07, 6.45) is -0.0717. The van der Waals surface area contributed by atoms with Crippen LogP contribution in [0.3, 0.4) is 0 Å². The van der Waals surface area contributed by atoms with Gasteiger partial charge < -0.3 is 19.7 Å². The third-order valence-electron chi connectivity index (χ3n) is 5.40. The third-order valence-corrected chi connectivity index (χ3v) is 6.38. The molecular formula is C24H28BrClFN3O4. The van der Waals surface area contributed by atoms with E-state index in [-0.39, 0.29) is 36.7 Å². The molecule has 0 radical (unpaired) electrons. The molecule has 0 unspecified atom stereocenters. The molecule has 2 aromatic carbocycles. The van der Waals surface area contributed by atoms with E-state index in [1.807, 2.05) is 42.5 Å². The van der Waals surface area contributed by atoms with Crippen molar-refractivity contribution in [2.45, 2.75) is 44.7 Å². The van der Waals surface area contributed by atoms with Crippen molar-refractivity contribution in [2.75, 3.05) is 19.1 Å². The summed E-state index contributed by atoms with van der Waals surface area (Å²) in [5.41, 5.74) is 2.09. The van der Waals surface area contributed by atoms with Crippen LogP contribution in [-0.4, -0.2) is 56.5 Å². The van der Waals surface area contributed by atoms with E-state index in [1.54, 1.807) is 0 Å². The minimum Gasteiger partial charge on any atom is -0.491 e. The van der Waals surface area contributed by atoms with Gasteiger partial charge >= 0.3 is 0 Å². The standard InChI is InChI=1S/C24H28BrClFN3O4/c1-24(2,17-5-8-23(22(25)9-17)34-14-19(31)10-26)16-3-6-21(7-4-16)33-15-20(32)13-30-12-18(11-27)28-29-30/h3-9,12,19-20,31-32H,10-11,13-15H2,1-2H3/t19-,20+/m0/s1/i27-1. The highest BCUT2D eigenvalue weighted by atomic mass is 79.9. The lowest BCUT2D eigenvalue weighted by Gasteiger charge is -2.27. The Bertz CT molecular complexity index is 1060. The molecule has 0 bridgehead atoms. The summed E-state index contributed by atoms with van der Waals surface area (Å²) in [5.74, 6) is 1.38. The van der Waals surface area contributed by atoms with Gasteiger partial charge in [-0.2, -0.15) is 0 Å².